The van der Waals surface area contributed by atoms with E-state index in [4.69, 9.17) is 9.47 Å². The van der Waals surface area contributed by atoms with Gasteiger partial charge in [0.2, 0.25) is 5.91 Å². The van der Waals surface area contributed by atoms with Crippen LogP contribution in [-0.4, -0.2) is 55.2 Å². The van der Waals surface area contributed by atoms with Gasteiger partial charge < -0.3 is 14.8 Å². The summed E-state index contributed by atoms with van der Waals surface area (Å²) in [7, 11) is 0. The van der Waals surface area contributed by atoms with Crippen molar-refractivity contribution in [3.63, 3.8) is 0 Å². The van der Waals surface area contributed by atoms with Crippen LogP contribution < -0.4 is 5.32 Å². The van der Waals surface area contributed by atoms with E-state index in [1.54, 1.807) is 18.2 Å². The Morgan fingerprint density at radius 3 is 2.48 bits per heavy atom. The van der Waals surface area contributed by atoms with Crippen molar-refractivity contribution in [1.82, 2.24) is 4.90 Å². The first kappa shape index (κ1) is 16.1. The minimum atomic E-state index is -0.422. The van der Waals surface area contributed by atoms with Crippen LogP contribution in [0.3, 0.4) is 0 Å². The number of piperidine rings is 1. The lowest BCUT2D eigenvalue weighted by molar-refractivity contribution is -0.185. The Hall–Kier alpha value is -1.76. The first-order valence-corrected chi connectivity index (χ1v) is 7.98. The zero-order chi connectivity index (χ0) is 16.3. The fourth-order valence-corrected chi connectivity index (χ4v) is 3.13. The molecule has 3 rings (SSSR count). The zero-order valence-corrected chi connectivity index (χ0v) is 13.3. The van der Waals surface area contributed by atoms with E-state index >= 15 is 0 Å². The van der Waals surface area contributed by atoms with Crippen LogP contribution in [0.1, 0.15) is 30.1 Å². The van der Waals surface area contributed by atoms with Crippen molar-refractivity contribution < 1.29 is 19.1 Å². The lowest BCUT2D eigenvalue weighted by Crippen LogP contribution is -2.47. The van der Waals surface area contributed by atoms with Gasteiger partial charge in [-0.1, -0.05) is 12.1 Å². The topological polar surface area (TPSA) is 67.9 Å². The SMILES string of the molecule is CC(=O)c1ccccc1NC(=O)CN1CCC2(CC1)OCCO2. The first-order chi connectivity index (χ1) is 11.1. The van der Waals surface area contributed by atoms with Crippen LogP contribution in [0.25, 0.3) is 0 Å². The van der Waals surface area contributed by atoms with Crippen LogP contribution in [0.2, 0.25) is 0 Å². The van der Waals surface area contributed by atoms with Crippen molar-refractivity contribution >= 4 is 17.4 Å². The summed E-state index contributed by atoms with van der Waals surface area (Å²) >= 11 is 0. The van der Waals surface area contributed by atoms with E-state index in [1.165, 1.54) is 6.92 Å². The molecule has 1 spiro atoms. The molecule has 1 aromatic carbocycles. The average Bonchev–Trinajstić information content (AvgIpc) is 2.98. The molecule has 2 heterocycles. The highest BCUT2D eigenvalue weighted by atomic mass is 16.7. The summed E-state index contributed by atoms with van der Waals surface area (Å²) in [6.45, 7) is 4.65. The number of hydrogen-bond donors (Lipinski definition) is 1. The van der Waals surface area contributed by atoms with Gasteiger partial charge >= 0.3 is 0 Å². The molecule has 6 nitrogen and oxygen atoms in total. The summed E-state index contributed by atoms with van der Waals surface area (Å²) in [5, 5.41) is 2.84. The van der Waals surface area contributed by atoms with E-state index in [1.807, 2.05) is 6.07 Å². The number of amides is 1. The maximum atomic E-state index is 12.2. The molecule has 0 bridgehead atoms. The monoisotopic (exact) mass is 318 g/mol. The molecule has 0 unspecified atom stereocenters. The number of Topliss-reactive ketones (excluding diaryl/α,β-unsaturated/α-hetero) is 1. The number of carbonyl (C=O) groups is 2. The second kappa shape index (κ2) is 6.78. The van der Waals surface area contributed by atoms with Crippen molar-refractivity contribution in [2.24, 2.45) is 0 Å². The molecule has 0 saturated carbocycles. The number of anilines is 1. The van der Waals surface area contributed by atoms with E-state index < -0.39 is 5.79 Å². The number of para-hydroxylation sites is 1. The average molecular weight is 318 g/mol. The van der Waals surface area contributed by atoms with Crippen LogP contribution in [0.4, 0.5) is 5.69 Å². The fourth-order valence-electron chi connectivity index (χ4n) is 3.13. The molecule has 2 aliphatic rings. The van der Waals surface area contributed by atoms with E-state index in [0.29, 0.717) is 31.0 Å². The fraction of sp³-hybridized carbons (Fsp3) is 0.529. The zero-order valence-electron chi connectivity index (χ0n) is 13.3. The van der Waals surface area contributed by atoms with Gasteiger partial charge in [-0.2, -0.15) is 0 Å². The molecule has 23 heavy (non-hydrogen) atoms. The predicted octanol–water partition coefficient (Wildman–Crippen LogP) is 1.67. The van der Waals surface area contributed by atoms with Crippen LogP contribution in [0.5, 0.6) is 0 Å². The number of nitrogens with one attached hydrogen (secondary N) is 1. The van der Waals surface area contributed by atoms with Gasteiger partial charge in [0, 0.05) is 31.5 Å². The number of carbonyl (C=O) groups excluding carboxylic acids is 2. The van der Waals surface area contributed by atoms with E-state index in [-0.39, 0.29) is 11.7 Å². The third-order valence-corrected chi connectivity index (χ3v) is 4.38. The highest BCUT2D eigenvalue weighted by Crippen LogP contribution is 2.31. The Morgan fingerprint density at radius 1 is 1.17 bits per heavy atom. The van der Waals surface area contributed by atoms with Gasteiger partial charge in [0.1, 0.15) is 0 Å². The third kappa shape index (κ3) is 3.77. The van der Waals surface area contributed by atoms with Gasteiger partial charge in [-0.05, 0) is 19.1 Å². The number of ether oxygens (including phenoxy) is 2. The maximum Gasteiger partial charge on any atom is 0.238 e. The molecule has 1 amide bonds. The maximum absolute atomic E-state index is 12.2. The summed E-state index contributed by atoms with van der Waals surface area (Å²) in [4.78, 5) is 25.9. The number of hydrogen-bond acceptors (Lipinski definition) is 5. The number of rotatable bonds is 4. The van der Waals surface area contributed by atoms with Crippen molar-refractivity contribution in [2.45, 2.75) is 25.6 Å². The molecule has 0 atom stereocenters. The summed E-state index contributed by atoms with van der Waals surface area (Å²) in [5.41, 5.74) is 1.10. The summed E-state index contributed by atoms with van der Waals surface area (Å²) in [5.74, 6) is -0.590. The highest BCUT2D eigenvalue weighted by molar-refractivity contribution is 6.04. The van der Waals surface area contributed by atoms with E-state index in [9.17, 15) is 9.59 Å². The van der Waals surface area contributed by atoms with Crippen molar-refractivity contribution in [2.75, 3.05) is 38.2 Å². The molecule has 2 saturated heterocycles. The minimum Gasteiger partial charge on any atom is -0.347 e. The van der Waals surface area contributed by atoms with Crippen molar-refractivity contribution in [1.29, 1.82) is 0 Å². The largest absolute Gasteiger partial charge is 0.347 e. The molecule has 1 aromatic rings. The minimum absolute atomic E-state index is 0.0589. The van der Waals surface area contributed by atoms with Crippen molar-refractivity contribution in [3.05, 3.63) is 29.8 Å². The molecular formula is C17H22N2O4. The second-order valence-electron chi connectivity index (χ2n) is 6.03. The molecule has 0 radical (unpaired) electrons. The Labute approximate surface area is 135 Å². The second-order valence-corrected chi connectivity index (χ2v) is 6.03. The van der Waals surface area contributed by atoms with Gasteiger partial charge in [0.05, 0.1) is 25.4 Å². The number of nitrogens with zero attached hydrogens (tertiary/aromatic N) is 1. The molecule has 0 aliphatic carbocycles. The molecule has 0 aromatic heterocycles. The Balaban J connectivity index is 1.53. The molecule has 6 heteroatoms. The third-order valence-electron chi connectivity index (χ3n) is 4.38. The molecule has 2 aliphatic heterocycles. The Bertz CT molecular complexity index is 586. The molecular weight excluding hydrogens is 296 g/mol. The summed E-state index contributed by atoms with van der Waals surface area (Å²) < 4.78 is 11.4. The standard InChI is InChI=1S/C17H22N2O4/c1-13(20)14-4-2-3-5-15(14)18-16(21)12-19-8-6-17(7-9-19)22-10-11-23-17/h2-5H,6-12H2,1H3,(H,18,21). The highest BCUT2D eigenvalue weighted by Gasteiger charge is 2.39. The number of likely N-dealkylation sites (tertiary alicyclic amines) is 1. The quantitative estimate of drug-likeness (QED) is 0.855. The van der Waals surface area contributed by atoms with Gasteiger partial charge in [-0.3, -0.25) is 14.5 Å². The normalized spacial score (nSPS) is 20.6. The number of ketones is 1. The van der Waals surface area contributed by atoms with Crippen LogP contribution >= 0.6 is 0 Å². The van der Waals surface area contributed by atoms with Crippen LogP contribution in [0, 0.1) is 0 Å². The van der Waals surface area contributed by atoms with Gasteiger partial charge in [0.15, 0.2) is 11.6 Å². The molecule has 2 fully saturated rings. The van der Waals surface area contributed by atoms with Gasteiger partial charge in [0.25, 0.3) is 0 Å². The lowest BCUT2D eigenvalue weighted by atomic mass is 10.0. The smallest absolute Gasteiger partial charge is 0.238 e. The Kier molecular flexibility index (Phi) is 4.75. The number of benzene rings is 1. The lowest BCUT2D eigenvalue weighted by Gasteiger charge is -2.37. The predicted molar refractivity (Wildman–Crippen MR) is 85.4 cm³/mol. The van der Waals surface area contributed by atoms with Gasteiger partial charge in [-0.15, -0.1) is 0 Å². The molecule has 124 valence electrons. The van der Waals surface area contributed by atoms with Crippen LogP contribution in [0.15, 0.2) is 24.3 Å². The van der Waals surface area contributed by atoms with E-state index in [2.05, 4.69) is 10.2 Å². The summed E-state index contributed by atoms with van der Waals surface area (Å²) in [6, 6.07) is 7.07. The Morgan fingerprint density at radius 2 is 1.83 bits per heavy atom. The first-order valence-electron chi connectivity index (χ1n) is 7.98. The van der Waals surface area contributed by atoms with Gasteiger partial charge in [-0.25, -0.2) is 0 Å². The van der Waals surface area contributed by atoms with Crippen LogP contribution in [-0.2, 0) is 14.3 Å². The summed E-state index contributed by atoms with van der Waals surface area (Å²) in [6.07, 6.45) is 1.56. The molecule has 1 N–H and O–H groups in total. The van der Waals surface area contributed by atoms with E-state index in [0.717, 1.165) is 25.9 Å². The van der Waals surface area contributed by atoms with Crippen molar-refractivity contribution in [3.8, 4) is 0 Å².